The quantitative estimate of drug-likeness (QED) is 0.826. The highest BCUT2D eigenvalue weighted by atomic mass is 19.1. The number of hydrogen-bond acceptors (Lipinski definition) is 1. The van der Waals surface area contributed by atoms with E-state index >= 15 is 0 Å². The highest BCUT2D eigenvalue weighted by Crippen LogP contribution is 2.33. The molecular weight excluding hydrogens is 225 g/mol. The molecule has 0 saturated heterocycles. The van der Waals surface area contributed by atoms with Gasteiger partial charge in [0.25, 0.3) is 0 Å². The van der Waals surface area contributed by atoms with Crippen LogP contribution in [0.2, 0.25) is 0 Å². The van der Waals surface area contributed by atoms with E-state index in [9.17, 15) is 4.39 Å². The molecule has 0 aliphatic heterocycles. The molecule has 1 atom stereocenters. The van der Waals surface area contributed by atoms with Crippen molar-refractivity contribution in [1.29, 1.82) is 0 Å². The molecule has 94 valence electrons. The van der Waals surface area contributed by atoms with Crippen LogP contribution in [0.25, 0.3) is 0 Å². The first-order valence-electron chi connectivity index (χ1n) is 6.22. The smallest absolute Gasteiger partial charge is 0.146 e. The number of allylic oxidation sites excluding steroid dienone is 3. The fourth-order valence-electron chi connectivity index (χ4n) is 2.39. The first-order valence-corrected chi connectivity index (χ1v) is 6.22. The Bertz CT molecular complexity index is 500. The lowest BCUT2D eigenvalue weighted by Crippen LogP contribution is -2.15. The molecule has 1 aromatic rings. The predicted octanol–water partition coefficient (Wildman–Crippen LogP) is 4.46. The van der Waals surface area contributed by atoms with Crippen molar-refractivity contribution < 1.29 is 4.39 Å². The lowest BCUT2D eigenvalue weighted by Gasteiger charge is -2.13. The van der Waals surface area contributed by atoms with E-state index in [4.69, 9.17) is 0 Å². The second-order valence-corrected chi connectivity index (χ2v) is 4.47. The van der Waals surface area contributed by atoms with Crippen molar-refractivity contribution >= 4 is 5.69 Å². The maximum atomic E-state index is 13.6. The molecule has 0 amide bonds. The van der Waals surface area contributed by atoms with Gasteiger partial charge in [-0.15, -0.1) is 0 Å². The number of para-hydroxylation sites is 1. The SMILES string of the molecule is C=C/C=C1/CC(Nc2ccccc2F)C/C1=C/C. The van der Waals surface area contributed by atoms with Crippen molar-refractivity contribution in [2.75, 3.05) is 5.32 Å². The topological polar surface area (TPSA) is 12.0 Å². The molecule has 1 aliphatic carbocycles. The fraction of sp³-hybridized carbons (Fsp3) is 0.250. The Morgan fingerprint density at radius 2 is 2.00 bits per heavy atom. The molecule has 1 N–H and O–H groups in total. The van der Waals surface area contributed by atoms with Crippen molar-refractivity contribution in [1.82, 2.24) is 0 Å². The average molecular weight is 243 g/mol. The number of rotatable bonds is 3. The van der Waals surface area contributed by atoms with E-state index in [2.05, 4.69) is 18.0 Å². The van der Waals surface area contributed by atoms with Gasteiger partial charge in [0.2, 0.25) is 0 Å². The van der Waals surface area contributed by atoms with Gasteiger partial charge in [0.05, 0.1) is 5.69 Å². The molecule has 18 heavy (non-hydrogen) atoms. The molecule has 2 rings (SSSR count). The Labute approximate surface area is 108 Å². The molecule has 1 nitrogen and oxygen atoms in total. The maximum absolute atomic E-state index is 13.6. The molecule has 1 aliphatic rings. The maximum Gasteiger partial charge on any atom is 0.146 e. The number of anilines is 1. The summed E-state index contributed by atoms with van der Waals surface area (Å²) in [5, 5.41) is 3.27. The van der Waals surface area contributed by atoms with E-state index in [1.54, 1.807) is 12.1 Å². The van der Waals surface area contributed by atoms with Crippen LogP contribution in [0.1, 0.15) is 19.8 Å². The van der Waals surface area contributed by atoms with Crippen LogP contribution in [0.4, 0.5) is 10.1 Å². The van der Waals surface area contributed by atoms with Crippen LogP contribution in [-0.4, -0.2) is 6.04 Å². The van der Waals surface area contributed by atoms with Crippen molar-refractivity contribution in [3.8, 4) is 0 Å². The van der Waals surface area contributed by atoms with Crippen molar-refractivity contribution in [2.45, 2.75) is 25.8 Å². The monoisotopic (exact) mass is 243 g/mol. The molecule has 0 heterocycles. The summed E-state index contributed by atoms with van der Waals surface area (Å²) in [5.74, 6) is -0.194. The fourth-order valence-corrected chi connectivity index (χ4v) is 2.39. The first kappa shape index (κ1) is 12.6. The predicted molar refractivity (Wildman–Crippen MR) is 75.1 cm³/mol. The average Bonchev–Trinajstić information content (AvgIpc) is 2.75. The second kappa shape index (κ2) is 5.67. The zero-order valence-electron chi connectivity index (χ0n) is 10.6. The largest absolute Gasteiger partial charge is 0.379 e. The first-order chi connectivity index (χ1) is 8.74. The van der Waals surface area contributed by atoms with Crippen molar-refractivity contribution in [3.63, 3.8) is 0 Å². The van der Waals surface area contributed by atoms with Crippen LogP contribution in [0, 0.1) is 5.82 Å². The van der Waals surface area contributed by atoms with Gasteiger partial charge < -0.3 is 5.32 Å². The number of benzene rings is 1. The van der Waals surface area contributed by atoms with E-state index in [-0.39, 0.29) is 11.9 Å². The molecule has 1 aromatic carbocycles. The van der Waals surface area contributed by atoms with E-state index in [1.807, 2.05) is 25.1 Å². The molecule has 1 saturated carbocycles. The number of halogens is 1. The zero-order valence-corrected chi connectivity index (χ0v) is 10.6. The van der Waals surface area contributed by atoms with Gasteiger partial charge in [-0.05, 0) is 43.0 Å². The highest BCUT2D eigenvalue weighted by Gasteiger charge is 2.23. The van der Waals surface area contributed by atoms with Gasteiger partial charge in [-0.2, -0.15) is 0 Å². The summed E-state index contributed by atoms with van der Waals surface area (Å²) in [7, 11) is 0. The van der Waals surface area contributed by atoms with E-state index in [1.165, 1.54) is 17.2 Å². The molecule has 0 spiro atoms. The van der Waals surface area contributed by atoms with Gasteiger partial charge in [-0.1, -0.05) is 36.9 Å². The van der Waals surface area contributed by atoms with Crippen LogP contribution < -0.4 is 5.32 Å². The van der Waals surface area contributed by atoms with Gasteiger partial charge in [-0.25, -0.2) is 4.39 Å². The Morgan fingerprint density at radius 1 is 1.28 bits per heavy atom. The van der Waals surface area contributed by atoms with Gasteiger partial charge in [0.15, 0.2) is 0 Å². The van der Waals surface area contributed by atoms with Gasteiger partial charge in [0, 0.05) is 6.04 Å². The van der Waals surface area contributed by atoms with E-state index < -0.39 is 0 Å². The lowest BCUT2D eigenvalue weighted by molar-refractivity contribution is 0.625. The Kier molecular flexibility index (Phi) is 3.98. The summed E-state index contributed by atoms with van der Waals surface area (Å²) in [6.45, 7) is 5.77. The third kappa shape index (κ3) is 2.70. The summed E-state index contributed by atoms with van der Waals surface area (Å²) in [4.78, 5) is 0. The zero-order chi connectivity index (χ0) is 13.0. The van der Waals surface area contributed by atoms with Crippen LogP contribution in [-0.2, 0) is 0 Å². The summed E-state index contributed by atoms with van der Waals surface area (Å²) in [5.41, 5.74) is 3.20. The van der Waals surface area contributed by atoms with Gasteiger partial charge in [0.1, 0.15) is 5.82 Å². The normalized spacial score (nSPS) is 23.6. The standard InChI is InChI=1S/C16H18FN/c1-3-7-13-11-14(10-12(13)4-2)18-16-9-6-5-8-15(16)17/h3-9,14,18H,1,10-11H2,2H3/b12-4-,13-7-. The second-order valence-electron chi connectivity index (χ2n) is 4.47. The molecule has 0 aromatic heterocycles. The van der Waals surface area contributed by atoms with Crippen molar-refractivity contribution in [2.24, 2.45) is 0 Å². The molecule has 2 heteroatoms. The molecular formula is C16H18FN. The van der Waals surface area contributed by atoms with Crippen LogP contribution in [0.3, 0.4) is 0 Å². The highest BCUT2D eigenvalue weighted by molar-refractivity contribution is 5.49. The Balaban J connectivity index is 2.12. The minimum atomic E-state index is -0.194. The molecule has 0 bridgehead atoms. The van der Waals surface area contributed by atoms with E-state index in [0.29, 0.717) is 5.69 Å². The minimum absolute atomic E-state index is 0.194. The summed E-state index contributed by atoms with van der Waals surface area (Å²) < 4.78 is 13.6. The van der Waals surface area contributed by atoms with Crippen LogP contribution in [0.5, 0.6) is 0 Å². The summed E-state index contributed by atoms with van der Waals surface area (Å²) in [6.07, 6.45) is 7.82. The van der Waals surface area contributed by atoms with Crippen LogP contribution in [0.15, 0.2) is 60.2 Å². The third-order valence-electron chi connectivity index (χ3n) is 3.25. The molecule has 0 radical (unpaired) electrons. The van der Waals surface area contributed by atoms with Crippen molar-refractivity contribution in [3.05, 3.63) is 66.0 Å². The van der Waals surface area contributed by atoms with Crippen LogP contribution >= 0.6 is 0 Å². The Hall–Kier alpha value is -1.83. The lowest BCUT2D eigenvalue weighted by atomic mass is 10.1. The summed E-state index contributed by atoms with van der Waals surface area (Å²) in [6, 6.07) is 7.07. The third-order valence-corrected chi connectivity index (χ3v) is 3.25. The molecule has 1 fully saturated rings. The Morgan fingerprint density at radius 3 is 2.67 bits per heavy atom. The van der Waals surface area contributed by atoms with Gasteiger partial charge >= 0.3 is 0 Å². The summed E-state index contributed by atoms with van der Waals surface area (Å²) >= 11 is 0. The number of nitrogens with one attached hydrogen (secondary N) is 1. The van der Waals surface area contributed by atoms with Gasteiger partial charge in [-0.3, -0.25) is 0 Å². The number of hydrogen-bond donors (Lipinski definition) is 1. The molecule has 1 unspecified atom stereocenters. The minimum Gasteiger partial charge on any atom is -0.379 e. The van der Waals surface area contributed by atoms with E-state index in [0.717, 1.165) is 12.8 Å².